The highest BCUT2D eigenvalue weighted by molar-refractivity contribution is 5.82. The zero-order valence-corrected chi connectivity index (χ0v) is 13.3. The molecule has 2 aliphatic rings. The fourth-order valence-electron chi connectivity index (χ4n) is 3.42. The van der Waals surface area contributed by atoms with Gasteiger partial charge in [0.1, 0.15) is 0 Å². The number of fused-ring (bicyclic) bond motifs is 1. The van der Waals surface area contributed by atoms with E-state index in [1.807, 2.05) is 6.07 Å². The Morgan fingerprint density at radius 2 is 1.91 bits per heavy atom. The van der Waals surface area contributed by atoms with E-state index < -0.39 is 0 Å². The Kier molecular flexibility index (Phi) is 4.52. The third kappa shape index (κ3) is 3.04. The molecule has 1 heterocycles. The van der Waals surface area contributed by atoms with Crippen LogP contribution in [0.15, 0.2) is 12.1 Å². The molecule has 1 aromatic rings. The summed E-state index contributed by atoms with van der Waals surface area (Å²) in [5.41, 5.74) is 2.54. The summed E-state index contributed by atoms with van der Waals surface area (Å²) in [6, 6.07) is 4.30. The van der Waals surface area contributed by atoms with Crippen LogP contribution >= 0.6 is 0 Å². The topological polar surface area (TPSA) is 59.6 Å². The minimum atomic E-state index is -0.00759. The summed E-state index contributed by atoms with van der Waals surface area (Å²) >= 11 is 0. The second kappa shape index (κ2) is 6.57. The molecule has 0 saturated carbocycles. The van der Waals surface area contributed by atoms with Crippen LogP contribution in [0.3, 0.4) is 0 Å². The van der Waals surface area contributed by atoms with Gasteiger partial charge in [0.2, 0.25) is 5.91 Å². The number of rotatable bonds is 4. The van der Waals surface area contributed by atoms with E-state index in [1.165, 1.54) is 11.1 Å². The molecule has 2 atom stereocenters. The van der Waals surface area contributed by atoms with Crippen molar-refractivity contribution in [3.8, 4) is 11.5 Å². The Balaban J connectivity index is 1.69. The van der Waals surface area contributed by atoms with Gasteiger partial charge in [0.05, 0.1) is 20.3 Å². The minimum absolute atomic E-state index is 0.00759. The maximum atomic E-state index is 12.2. The molecule has 5 nitrogen and oxygen atoms in total. The Bertz CT molecular complexity index is 553. The second-order valence-corrected chi connectivity index (χ2v) is 6.07. The molecule has 0 bridgehead atoms. The summed E-state index contributed by atoms with van der Waals surface area (Å²) in [5, 5.41) is 6.44. The maximum Gasteiger partial charge on any atom is 0.237 e. The highest BCUT2D eigenvalue weighted by Crippen LogP contribution is 2.34. The van der Waals surface area contributed by atoms with Crippen LogP contribution in [0.5, 0.6) is 11.5 Å². The number of hydrogen-bond donors (Lipinski definition) is 2. The van der Waals surface area contributed by atoms with Gasteiger partial charge in [-0.1, -0.05) is 0 Å². The van der Waals surface area contributed by atoms with Crippen molar-refractivity contribution in [2.45, 2.75) is 44.2 Å². The molecule has 1 aliphatic carbocycles. The van der Waals surface area contributed by atoms with Crippen LogP contribution in [0.1, 0.15) is 30.4 Å². The zero-order valence-electron chi connectivity index (χ0n) is 13.3. The van der Waals surface area contributed by atoms with Crippen molar-refractivity contribution >= 4 is 5.91 Å². The summed E-state index contributed by atoms with van der Waals surface area (Å²) in [6.07, 6.45) is 4.82. The van der Waals surface area contributed by atoms with Gasteiger partial charge in [-0.25, -0.2) is 0 Å². The van der Waals surface area contributed by atoms with Gasteiger partial charge in [0.25, 0.3) is 0 Å². The van der Waals surface area contributed by atoms with E-state index >= 15 is 0 Å². The number of carbonyl (C=O) groups is 1. The van der Waals surface area contributed by atoms with Crippen molar-refractivity contribution in [1.82, 2.24) is 10.6 Å². The number of methoxy groups -OCH3 is 2. The molecule has 22 heavy (non-hydrogen) atoms. The first kappa shape index (κ1) is 15.2. The molecule has 5 heteroatoms. The molecule has 0 radical (unpaired) electrons. The summed E-state index contributed by atoms with van der Waals surface area (Å²) in [5.74, 6) is 1.68. The summed E-state index contributed by atoms with van der Waals surface area (Å²) < 4.78 is 10.7. The lowest BCUT2D eigenvalue weighted by Crippen LogP contribution is -2.47. The van der Waals surface area contributed by atoms with Gasteiger partial charge >= 0.3 is 0 Å². The van der Waals surface area contributed by atoms with Crippen molar-refractivity contribution in [3.63, 3.8) is 0 Å². The fourth-order valence-corrected chi connectivity index (χ4v) is 3.42. The molecule has 1 unspecified atom stereocenters. The lowest BCUT2D eigenvalue weighted by molar-refractivity contribution is -0.123. The lowest BCUT2D eigenvalue weighted by atomic mass is 9.87. The predicted octanol–water partition coefficient (Wildman–Crippen LogP) is 1.43. The van der Waals surface area contributed by atoms with Gasteiger partial charge < -0.3 is 20.1 Å². The molecule has 1 fully saturated rings. The smallest absolute Gasteiger partial charge is 0.237 e. The van der Waals surface area contributed by atoms with Crippen LogP contribution in [0.2, 0.25) is 0 Å². The van der Waals surface area contributed by atoms with Crippen molar-refractivity contribution < 1.29 is 14.3 Å². The number of hydrogen-bond acceptors (Lipinski definition) is 4. The van der Waals surface area contributed by atoms with E-state index in [2.05, 4.69) is 16.7 Å². The van der Waals surface area contributed by atoms with E-state index in [-0.39, 0.29) is 18.0 Å². The van der Waals surface area contributed by atoms with Gasteiger partial charge in [0.15, 0.2) is 11.5 Å². The first-order chi connectivity index (χ1) is 10.7. The Labute approximate surface area is 131 Å². The number of nitrogens with one attached hydrogen (secondary N) is 2. The molecule has 0 aromatic heterocycles. The number of benzene rings is 1. The molecule has 1 saturated heterocycles. The largest absolute Gasteiger partial charge is 0.493 e. The van der Waals surface area contributed by atoms with Crippen LogP contribution in [0.4, 0.5) is 0 Å². The van der Waals surface area contributed by atoms with Crippen LogP contribution in [-0.2, 0) is 17.6 Å². The van der Waals surface area contributed by atoms with Gasteiger partial charge in [-0.05, 0) is 61.9 Å². The number of carbonyl (C=O) groups excluding carboxylic acids is 1. The monoisotopic (exact) mass is 304 g/mol. The Hall–Kier alpha value is -1.75. The normalized spacial score (nSPS) is 23.7. The maximum absolute atomic E-state index is 12.2. The van der Waals surface area contributed by atoms with Crippen LogP contribution in [0, 0.1) is 0 Å². The highest BCUT2D eigenvalue weighted by atomic mass is 16.5. The molecule has 1 amide bonds. The minimum Gasteiger partial charge on any atom is -0.493 e. The standard InChI is InChI=1S/C17H24N2O3/c1-21-15-9-11-5-6-13(8-12(11)10-16(15)22-2)19-17(20)14-4-3-7-18-14/h9-10,13-14,18H,3-8H2,1-2H3,(H,19,20)/t13?,14-/m0/s1. The van der Waals surface area contributed by atoms with Crippen molar-refractivity contribution in [1.29, 1.82) is 0 Å². The van der Waals surface area contributed by atoms with E-state index in [9.17, 15) is 4.79 Å². The van der Waals surface area contributed by atoms with E-state index in [0.717, 1.165) is 50.1 Å². The highest BCUT2D eigenvalue weighted by Gasteiger charge is 2.27. The fraction of sp³-hybridized carbons (Fsp3) is 0.588. The quantitative estimate of drug-likeness (QED) is 0.883. The summed E-state index contributed by atoms with van der Waals surface area (Å²) in [6.45, 7) is 0.947. The molecular weight excluding hydrogens is 280 g/mol. The van der Waals surface area contributed by atoms with Crippen molar-refractivity contribution in [3.05, 3.63) is 23.3 Å². The molecular formula is C17H24N2O3. The van der Waals surface area contributed by atoms with Crippen LogP contribution in [0.25, 0.3) is 0 Å². The van der Waals surface area contributed by atoms with Gasteiger partial charge in [-0.3, -0.25) is 4.79 Å². The van der Waals surface area contributed by atoms with Gasteiger partial charge in [-0.2, -0.15) is 0 Å². The first-order valence-corrected chi connectivity index (χ1v) is 7.99. The molecule has 0 spiro atoms. The first-order valence-electron chi connectivity index (χ1n) is 7.99. The molecule has 120 valence electrons. The predicted molar refractivity (Wildman–Crippen MR) is 84.5 cm³/mol. The Morgan fingerprint density at radius 1 is 1.18 bits per heavy atom. The van der Waals surface area contributed by atoms with Crippen molar-refractivity contribution in [2.75, 3.05) is 20.8 Å². The molecule has 1 aliphatic heterocycles. The summed E-state index contributed by atoms with van der Waals surface area (Å²) in [4.78, 5) is 12.2. The SMILES string of the molecule is COc1cc2c(cc1OC)CC(NC(=O)[C@@H]1CCCN1)CC2. The number of ether oxygens (including phenoxy) is 2. The van der Waals surface area contributed by atoms with Crippen molar-refractivity contribution in [2.24, 2.45) is 0 Å². The van der Waals surface area contributed by atoms with Gasteiger partial charge in [0, 0.05) is 6.04 Å². The molecule has 2 N–H and O–H groups in total. The molecule has 3 rings (SSSR count). The lowest BCUT2D eigenvalue weighted by Gasteiger charge is -2.27. The van der Waals surface area contributed by atoms with Crippen LogP contribution < -0.4 is 20.1 Å². The van der Waals surface area contributed by atoms with E-state index in [1.54, 1.807) is 14.2 Å². The molecule has 1 aromatic carbocycles. The number of amides is 1. The van der Waals surface area contributed by atoms with Gasteiger partial charge in [-0.15, -0.1) is 0 Å². The number of aryl methyl sites for hydroxylation is 1. The van der Waals surface area contributed by atoms with Crippen LogP contribution in [-0.4, -0.2) is 38.8 Å². The third-order valence-electron chi connectivity index (χ3n) is 4.66. The average Bonchev–Trinajstić information content (AvgIpc) is 3.08. The average molecular weight is 304 g/mol. The van der Waals surface area contributed by atoms with E-state index in [4.69, 9.17) is 9.47 Å². The van der Waals surface area contributed by atoms with E-state index in [0.29, 0.717) is 0 Å². The Morgan fingerprint density at radius 3 is 2.55 bits per heavy atom. The second-order valence-electron chi connectivity index (χ2n) is 6.07. The third-order valence-corrected chi connectivity index (χ3v) is 4.66. The summed E-state index contributed by atoms with van der Waals surface area (Å²) in [7, 11) is 3.31. The zero-order chi connectivity index (χ0) is 15.5.